The van der Waals surface area contributed by atoms with Gasteiger partial charge in [-0.15, -0.1) is 0 Å². The highest BCUT2D eigenvalue weighted by Crippen LogP contribution is 2.27. The summed E-state index contributed by atoms with van der Waals surface area (Å²) in [6.45, 7) is 3.78. The fourth-order valence-electron chi connectivity index (χ4n) is 2.84. The molecular formula is C21H21N3O2. The van der Waals surface area contributed by atoms with Crippen LogP contribution in [0, 0.1) is 13.8 Å². The Morgan fingerprint density at radius 1 is 0.962 bits per heavy atom. The van der Waals surface area contributed by atoms with Gasteiger partial charge in [-0.3, -0.25) is 9.78 Å². The summed E-state index contributed by atoms with van der Waals surface area (Å²) in [5.41, 5.74) is 12.3. The van der Waals surface area contributed by atoms with Gasteiger partial charge in [0.05, 0.1) is 30.6 Å². The Balaban J connectivity index is 1.90. The largest absolute Gasteiger partial charge is 0.469 e. The highest BCUT2D eigenvalue weighted by atomic mass is 16.5. The highest BCUT2D eigenvalue weighted by Gasteiger charge is 2.09. The minimum Gasteiger partial charge on any atom is -0.469 e. The van der Waals surface area contributed by atoms with Crippen molar-refractivity contribution in [3.63, 3.8) is 0 Å². The van der Waals surface area contributed by atoms with Gasteiger partial charge in [0.15, 0.2) is 0 Å². The van der Waals surface area contributed by atoms with Crippen molar-refractivity contribution in [3.05, 3.63) is 65.5 Å². The summed E-state index contributed by atoms with van der Waals surface area (Å²) in [6, 6.07) is 16.0. The number of rotatable bonds is 4. The predicted molar refractivity (Wildman–Crippen MR) is 103 cm³/mol. The highest BCUT2D eigenvalue weighted by molar-refractivity contribution is 5.74. The van der Waals surface area contributed by atoms with Gasteiger partial charge < -0.3 is 10.5 Å². The molecule has 0 unspecified atom stereocenters. The number of aryl methyl sites for hydroxylation is 2. The molecule has 2 N–H and O–H groups in total. The summed E-state index contributed by atoms with van der Waals surface area (Å²) in [5, 5.41) is 0. The lowest BCUT2D eigenvalue weighted by molar-refractivity contribution is -0.139. The number of nitrogens with two attached hydrogens (primary N) is 1. The lowest BCUT2D eigenvalue weighted by Gasteiger charge is -2.09. The van der Waals surface area contributed by atoms with Gasteiger partial charge in [0.25, 0.3) is 0 Å². The van der Waals surface area contributed by atoms with Gasteiger partial charge in [0, 0.05) is 5.56 Å². The molecule has 5 nitrogen and oxygen atoms in total. The minimum atomic E-state index is -0.247. The van der Waals surface area contributed by atoms with E-state index in [2.05, 4.69) is 9.97 Å². The molecule has 0 aliphatic heterocycles. The van der Waals surface area contributed by atoms with E-state index in [1.807, 2.05) is 62.4 Å². The minimum absolute atomic E-state index is 0.247. The summed E-state index contributed by atoms with van der Waals surface area (Å²) in [7, 11) is 1.40. The average Bonchev–Trinajstić information content (AvgIpc) is 2.65. The number of carbonyl (C=O) groups excluding carboxylic acids is 1. The zero-order chi connectivity index (χ0) is 18.7. The maximum absolute atomic E-state index is 11.5. The monoisotopic (exact) mass is 347 g/mol. The van der Waals surface area contributed by atoms with Crippen molar-refractivity contribution in [3.8, 4) is 22.4 Å². The van der Waals surface area contributed by atoms with Crippen molar-refractivity contribution < 1.29 is 9.53 Å². The fourth-order valence-corrected chi connectivity index (χ4v) is 2.84. The van der Waals surface area contributed by atoms with Crippen molar-refractivity contribution in [2.75, 3.05) is 12.8 Å². The molecule has 0 spiro atoms. The molecule has 0 saturated carbocycles. The normalized spacial score (nSPS) is 10.6. The number of hydrogen-bond donors (Lipinski definition) is 1. The predicted octanol–water partition coefficient (Wildman–Crippen LogP) is 3.73. The van der Waals surface area contributed by atoms with Crippen molar-refractivity contribution in [2.45, 2.75) is 20.3 Å². The van der Waals surface area contributed by atoms with Crippen molar-refractivity contribution >= 4 is 11.8 Å². The molecule has 3 rings (SSSR count). The molecule has 0 bridgehead atoms. The maximum Gasteiger partial charge on any atom is 0.309 e. The smallest absolute Gasteiger partial charge is 0.309 e. The van der Waals surface area contributed by atoms with E-state index in [1.54, 1.807) is 0 Å². The van der Waals surface area contributed by atoms with Gasteiger partial charge in [0.2, 0.25) is 0 Å². The number of ether oxygens (including phenoxy) is 1. The van der Waals surface area contributed by atoms with Gasteiger partial charge >= 0.3 is 5.97 Å². The van der Waals surface area contributed by atoms with Crippen molar-refractivity contribution in [1.82, 2.24) is 9.97 Å². The second-order valence-electron chi connectivity index (χ2n) is 6.16. The molecule has 0 radical (unpaired) electrons. The number of benzene rings is 2. The van der Waals surface area contributed by atoms with Crippen molar-refractivity contribution in [2.24, 2.45) is 0 Å². The van der Waals surface area contributed by atoms with Crippen LogP contribution in [0.3, 0.4) is 0 Å². The van der Waals surface area contributed by atoms with Crippen LogP contribution < -0.4 is 5.73 Å². The number of nitrogen functional groups attached to an aromatic ring is 1. The number of carbonyl (C=O) groups is 1. The lowest BCUT2D eigenvalue weighted by Crippen LogP contribution is -2.04. The van der Waals surface area contributed by atoms with Crippen LogP contribution >= 0.6 is 0 Å². The molecule has 0 atom stereocenters. The Labute approximate surface area is 152 Å². The molecule has 2 aromatic carbocycles. The van der Waals surface area contributed by atoms with E-state index in [0.717, 1.165) is 39.3 Å². The molecule has 132 valence electrons. The molecule has 0 saturated heterocycles. The summed E-state index contributed by atoms with van der Waals surface area (Å²) >= 11 is 0. The average molecular weight is 347 g/mol. The van der Waals surface area contributed by atoms with Crippen LogP contribution in [-0.2, 0) is 16.0 Å². The molecule has 5 heteroatoms. The van der Waals surface area contributed by atoms with Crippen LogP contribution in [0.15, 0.2) is 48.5 Å². The Morgan fingerprint density at radius 2 is 1.65 bits per heavy atom. The first-order valence-corrected chi connectivity index (χ1v) is 8.35. The second-order valence-corrected chi connectivity index (χ2v) is 6.16. The first-order chi connectivity index (χ1) is 12.5. The van der Waals surface area contributed by atoms with Crippen LogP contribution in [0.4, 0.5) is 5.82 Å². The SMILES string of the molecule is COC(=O)Cc1cccc(-c2ccc(-c3nc(N)c(C)nc3C)cc2)c1. The number of aromatic nitrogens is 2. The van der Waals surface area contributed by atoms with Gasteiger partial charge in [-0.2, -0.15) is 0 Å². The standard InChI is InChI=1S/C21H21N3O2/c1-13-20(24-21(22)14(2)23-13)17-9-7-16(8-10-17)18-6-4-5-15(11-18)12-19(25)26-3/h4-11H,12H2,1-3H3,(H2,22,24). The van der Waals surface area contributed by atoms with E-state index in [4.69, 9.17) is 10.5 Å². The van der Waals surface area contributed by atoms with Gasteiger partial charge in [0.1, 0.15) is 5.82 Å². The van der Waals surface area contributed by atoms with E-state index in [9.17, 15) is 4.79 Å². The van der Waals surface area contributed by atoms with Crippen LogP contribution in [0.25, 0.3) is 22.4 Å². The van der Waals surface area contributed by atoms with Gasteiger partial charge in [-0.1, -0.05) is 48.5 Å². The van der Waals surface area contributed by atoms with E-state index in [-0.39, 0.29) is 12.4 Å². The van der Waals surface area contributed by atoms with Gasteiger partial charge in [-0.05, 0) is 30.5 Å². The molecular weight excluding hydrogens is 326 g/mol. The number of esters is 1. The van der Waals surface area contributed by atoms with Crippen LogP contribution in [0.1, 0.15) is 17.0 Å². The number of nitrogens with zero attached hydrogens (tertiary/aromatic N) is 2. The van der Waals surface area contributed by atoms with Gasteiger partial charge in [-0.25, -0.2) is 4.98 Å². The Morgan fingerprint density at radius 3 is 2.35 bits per heavy atom. The van der Waals surface area contributed by atoms with Crippen LogP contribution in [-0.4, -0.2) is 23.0 Å². The quantitative estimate of drug-likeness (QED) is 0.728. The Kier molecular flexibility index (Phi) is 4.98. The molecule has 1 aromatic heterocycles. The van der Waals surface area contributed by atoms with Crippen LogP contribution in [0.2, 0.25) is 0 Å². The molecule has 26 heavy (non-hydrogen) atoms. The number of methoxy groups -OCH3 is 1. The van der Waals surface area contributed by atoms with E-state index in [1.165, 1.54) is 7.11 Å². The summed E-state index contributed by atoms with van der Waals surface area (Å²) in [4.78, 5) is 20.4. The zero-order valence-electron chi connectivity index (χ0n) is 15.1. The summed E-state index contributed by atoms with van der Waals surface area (Å²) < 4.78 is 4.73. The number of hydrogen-bond acceptors (Lipinski definition) is 5. The second kappa shape index (κ2) is 7.35. The molecule has 0 aliphatic rings. The Bertz CT molecular complexity index is 950. The van der Waals surface area contributed by atoms with Crippen LogP contribution in [0.5, 0.6) is 0 Å². The zero-order valence-corrected chi connectivity index (χ0v) is 15.1. The summed E-state index contributed by atoms with van der Waals surface area (Å²) in [5.74, 6) is 0.202. The maximum atomic E-state index is 11.5. The Hall–Kier alpha value is -3.21. The number of anilines is 1. The van der Waals surface area contributed by atoms with Crippen molar-refractivity contribution in [1.29, 1.82) is 0 Å². The fraction of sp³-hybridized carbons (Fsp3) is 0.190. The van der Waals surface area contributed by atoms with E-state index < -0.39 is 0 Å². The first-order valence-electron chi connectivity index (χ1n) is 8.35. The molecule has 0 fully saturated rings. The molecule has 1 heterocycles. The third-order valence-electron chi connectivity index (χ3n) is 4.28. The third kappa shape index (κ3) is 3.72. The van der Waals surface area contributed by atoms with E-state index >= 15 is 0 Å². The molecule has 0 amide bonds. The lowest BCUT2D eigenvalue weighted by atomic mass is 9.99. The third-order valence-corrected chi connectivity index (χ3v) is 4.28. The first kappa shape index (κ1) is 17.6. The summed E-state index contributed by atoms with van der Waals surface area (Å²) in [6.07, 6.45) is 0.264. The topological polar surface area (TPSA) is 78.1 Å². The molecule has 3 aromatic rings. The van der Waals surface area contributed by atoms with E-state index in [0.29, 0.717) is 5.82 Å². The molecule has 0 aliphatic carbocycles.